The molecule has 4 unspecified atom stereocenters. The number of nitrogens with one attached hydrogen (secondary N) is 1. The molecular formula is C15H26F3N. The molecule has 2 rings (SSSR count). The van der Waals surface area contributed by atoms with Crippen molar-refractivity contribution in [3.8, 4) is 0 Å². The molecular weight excluding hydrogens is 251 g/mol. The third-order valence-corrected chi connectivity index (χ3v) is 5.14. The van der Waals surface area contributed by atoms with Crippen molar-refractivity contribution in [3.05, 3.63) is 0 Å². The van der Waals surface area contributed by atoms with Crippen molar-refractivity contribution >= 4 is 0 Å². The summed E-state index contributed by atoms with van der Waals surface area (Å²) in [6.45, 7) is 4.36. The highest BCUT2D eigenvalue weighted by Crippen LogP contribution is 2.39. The van der Waals surface area contributed by atoms with Gasteiger partial charge in [0, 0.05) is 12.1 Å². The molecule has 4 atom stereocenters. The Morgan fingerprint density at radius 1 is 0.842 bits per heavy atom. The van der Waals surface area contributed by atoms with Gasteiger partial charge in [-0.1, -0.05) is 33.1 Å². The standard InChI is InChI=1S/C15H26F3N/c1-10-6-5-7-11(2)14(10)19-13-9-4-3-8-12(13)15(16,17)18/h10-14,19H,3-9H2,1-2H3. The van der Waals surface area contributed by atoms with Gasteiger partial charge in [0.1, 0.15) is 0 Å². The van der Waals surface area contributed by atoms with Crippen LogP contribution in [-0.2, 0) is 0 Å². The van der Waals surface area contributed by atoms with Crippen molar-refractivity contribution in [1.29, 1.82) is 0 Å². The van der Waals surface area contributed by atoms with Crippen LogP contribution < -0.4 is 5.32 Å². The first-order valence-electron chi connectivity index (χ1n) is 7.72. The van der Waals surface area contributed by atoms with E-state index in [-0.39, 0.29) is 12.1 Å². The SMILES string of the molecule is CC1CCCC(C)C1NC1CCCCC1C(F)(F)F. The van der Waals surface area contributed by atoms with Crippen LogP contribution in [0.1, 0.15) is 58.8 Å². The van der Waals surface area contributed by atoms with E-state index >= 15 is 0 Å². The van der Waals surface area contributed by atoms with Crippen molar-refractivity contribution in [3.63, 3.8) is 0 Å². The van der Waals surface area contributed by atoms with Gasteiger partial charge in [-0.05, 0) is 37.5 Å². The Balaban J connectivity index is 2.02. The predicted molar refractivity (Wildman–Crippen MR) is 70.9 cm³/mol. The van der Waals surface area contributed by atoms with Gasteiger partial charge in [0.15, 0.2) is 0 Å². The van der Waals surface area contributed by atoms with E-state index in [0.29, 0.717) is 24.7 Å². The Morgan fingerprint density at radius 2 is 1.42 bits per heavy atom. The maximum absolute atomic E-state index is 13.1. The third kappa shape index (κ3) is 3.65. The van der Waals surface area contributed by atoms with Gasteiger partial charge in [-0.3, -0.25) is 0 Å². The molecule has 0 aliphatic heterocycles. The Hall–Kier alpha value is -0.250. The zero-order valence-corrected chi connectivity index (χ0v) is 12.0. The van der Waals surface area contributed by atoms with Gasteiger partial charge < -0.3 is 5.32 Å². The fraction of sp³-hybridized carbons (Fsp3) is 1.00. The number of hydrogen-bond donors (Lipinski definition) is 1. The van der Waals surface area contributed by atoms with E-state index in [4.69, 9.17) is 0 Å². The van der Waals surface area contributed by atoms with Crippen LogP contribution in [0, 0.1) is 17.8 Å². The summed E-state index contributed by atoms with van der Waals surface area (Å²) in [4.78, 5) is 0. The zero-order valence-electron chi connectivity index (χ0n) is 12.0. The number of hydrogen-bond acceptors (Lipinski definition) is 1. The molecule has 0 aromatic carbocycles. The summed E-state index contributed by atoms with van der Waals surface area (Å²) in [5.74, 6) is -0.137. The summed E-state index contributed by atoms with van der Waals surface area (Å²) in [5.41, 5.74) is 0. The second-order valence-corrected chi connectivity index (χ2v) is 6.62. The van der Waals surface area contributed by atoms with Crippen LogP contribution in [0.2, 0.25) is 0 Å². The van der Waals surface area contributed by atoms with Crippen LogP contribution in [0.25, 0.3) is 0 Å². The van der Waals surface area contributed by atoms with Crippen molar-refractivity contribution in [1.82, 2.24) is 5.32 Å². The summed E-state index contributed by atoms with van der Waals surface area (Å²) >= 11 is 0. The van der Waals surface area contributed by atoms with Gasteiger partial charge >= 0.3 is 6.18 Å². The molecule has 4 heteroatoms. The van der Waals surface area contributed by atoms with Crippen LogP contribution >= 0.6 is 0 Å². The zero-order chi connectivity index (χ0) is 14.0. The summed E-state index contributed by atoms with van der Waals surface area (Å²) in [6.07, 6.45) is 2.10. The topological polar surface area (TPSA) is 12.0 Å². The highest BCUT2D eigenvalue weighted by molar-refractivity contribution is 4.91. The number of halogens is 3. The maximum Gasteiger partial charge on any atom is 0.393 e. The quantitative estimate of drug-likeness (QED) is 0.782. The van der Waals surface area contributed by atoms with E-state index in [2.05, 4.69) is 19.2 Å². The highest BCUT2D eigenvalue weighted by atomic mass is 19.4. The second-order valence-electron chi connectivity index (χ2n) is 6.62. The van der Waals surface area contributed by atoms with Gasteiger partial charge in [-0.25, -0.2) is 0 Å². The molecule has 2 saturated carbocycles. The highest BCUT2D eigenvalue weighted by Gasteiger charge is 2.46. The molecule has 0 spiro atoms. The number of alkyl halides is 3. The smallest absolute Gasteiger partial charge is 0.310 e. The minimum atomic E-state index is -4.04. The molecule has 2 fully saturated rings. The molecule has 112 valence electrons. The third-order valence-electron chi connectivity index (χ3n) is 5.14. The van der Waals surface area contributed by atoms with E-state index in [9.17, 15) is 13.2 Å². The van der Waals surface area contributed by atoms with Crippen LogP contribution in [-0.4, -0.2) is 18.3 Å². The fourth-order valence-corrected chi connectivity index (χ4v) is 3.98. The van der Waals surface area contributed by atoms with Gasteiger partial charge in [-0.15, -0.1) is 0 Å². The summed E-state index contributed by atoms with van der Waals surface area (Å²) in [7, 11) is 0. The maximum atomic E-state index is 13.1. The van der Waals surface area contributed by atoms with E-state index in [1.807, 2.05) is 0 Å². The lowest BCUT2D eigenvalue weighted by Gasteiger charge is -2.42. The average molecular weight is 277 g/mol. The summed E-state index contributed by atoms with van der Waals surface area (Å²) in [6, 6.07) is -0.0940. The summed E-state index contributed by atoms with van der Waals surface area (Å²) < 4.78 is 39.3. The molecule has 0 radical (unpaired) electrons. The molecule has 2 aliphatic carbocycles. The first kappa shape index (κ1) is 15.1. The van der Waals surface area contributed by atoms with Crippen LogP contribution in [0.15, 0.2) is 0 Å². The molecule has 1 nitrogen and oxygen atoms in total. The van der Waals surface area contributed by atoms with Gasteiger partial charge in [0.05, 0.1) is 5.92 Å². The minimum Gasteiger partial charge on any atom is -0.310 e. The van der Waals surface area contributed by atoms with E-state index < -0.39 is 12.1 Å². The molecule has 0 bridgehead atoms. The predicted octanol–water partition coefficient (Wildman–Crippen LogP) is 4.52. The lowest BCUT2D eigenvalue weighted by Crippen LogP contribution is -2.53. The molecule has 0 heterocycles. The number of rotatable bonds is 2. The van der Waals surface area contributed by atoms with Crippen molar-refractivity contribution in [2.45, 2.75) is 77.1 Å². The van der Waals surface area contributed by atoms with Crippen molar-refractivity contribution in [2.75, 3.05) is 0 Å². The Bertz CT molecular complexity index is 280. The van der Waals surface area contributed by atoms with Gasteiger partial charge in [-0.2, -0.15) is 13.2 Å². The van der Waals surface area contributed by atoms with Crippen LogP contribution in [0.5, 0.6) is 0 Å². The largest absolute Gasteiger partial charge is 0.393 e. The van der Waals surface area contributed by atoms with E-state index in [0.717, 1.165) is 25.7 Å². The average Bonchev–Trinajstić information content (AvgIpc) is 2.33. The molecule has 19 heavy (non-hydrogen) atoms. The van der Waals surface area contributed by atoms with Crippen LogP contribution in [0.3, 0.4) is 0 Å². The van der Waals surface area contributed by atoms with E-state index in [1.54, 1.807) is 0 Å². The van der Waals surface area contributed by atoms with E-state index in [1.165, 1.54) is 6.42 Å². The van der Waals surface area contributed by atoms with Crippen molar-refractivity contribution < 1.29 is 13.2 Å². The Kier molecular flexibility index (Phi) is 4.80. The molecule has 1 N–H and O–H groups in total. The monoisotopic (exact) mass is 277 g/mol. The fourth-order valence-electron chi connectivity index (χ4n) is 3.98. The molecule has 0 aromatic heterocycles. The van der Waals surface area contributed by atoms with Crippen molar-refractivity contribution in [2.24, 2.45) is 17.8 Å². The normalized spacial score (nSPS) is 41.2. The lowest BCUT2D eigenvalue weighted by atomic mass is 9.76. The molecule has 0 amide bonds. The Morgan fingerprint density at radius 3 is 2.00 bits per heavy atom. The van der Waals surface area contributed by atoms with Gasteiger partial charge in [0.2, 0.25) is 0 Å². The second kappa shape index (κ2) is 6.02. The van der Waals surface area contributed by atoms with Crippen LogP contribution in [0.4, 0.5) is 13.2 Å². The lowest BCUT2D eigenvalue weighted by molar-refractivity contribution is -0.190. The van der Waals surface area contributed by atoms with Gasteiger partial charge in [0.25, 0.3) is 0 Å². The first-order chi connectivity index (χ1) is 8.89. The minimum absolute atomic E-state index is 0.265. The molecule has 0 aromatic rings. The summed E-state index contributed by atoms with van der Waals surface area (Å²) in [5, 5.41) is 3.39. The molecule has 2 aliphatic rings. The molecule has 0 saturated heterocycles. The Labute approximate surface area is 114 Å². The first-order valence-corrected chi connectivity index (χ1v) is 7.72.